The number of benzene rings is 1. The van der Waals surface area contributed by atoms with Crippen molar-refractivity contribution in [2.45, 2.75) is 69.9 Å². The van der Waals surface area contributed by atoms with Crippen LogP contribution in [-0.4, -0.2) is 53.2 Å². The maximum Gasteiger partial charge on any atom is 0.439 e. The third kappa shape index (κ3) is 4.21. The highest BCUT2D eigenvalue weighted by molar-refractivity contribution is 6.74. The second-order valence-electron chi connectivity index (χ2n) is 10.3. The number of ether oxygens (including phenoxy) is 1. The van der Waals surface area contributed by atoms with E-state index in [1.165, 1.54) is 4.90 Å². The summed E-state index contributed by atoms with van der Waals surface area (Å²) < 4.78 is 18.1. The van der Waals surface area contributed by atoms with Crippen LogP contribution in [0.25, 0.3) is 11.4 Å². The van der Waals surface area contributed by atoms with Gasteiger partial charge < -0.3 is 19.2 Å². The Morgan fingerprint density at radius 2 is 2.00 bits per heavy atom. The van der Waals surface area contributed by atoms with Gasteiger partial charge in [0.25, 0.3) is 0 Å². The molecule has 0 saturated carbocycles. The highest BCUT2D eigenvalue weighted by Crippen LogP contribution is 2.50. The highest BCUT2D eigenvalue weighted by atomic mass is 28.4. The summed E-state index contributed by atoms with van der Waals surface area (Å²) in [6.07, 6.45) is 0.799. The normalized spacial score (nSPS) is 20.7. The van der Waals surface area contributed by atoms with E-state index in [0.29, 0.717) is 38.2 Å². The molecule has 0 bridgehead atoms. The monoisotopic (exact) mass is 461 g/mol. The second kappa shape index (κ2) is 7.77. The molecule has 4 rings (SSSR count). The lowest BCUT2D eigenvalue weighted by atomic mass is 9.81. The summed E-state index contributed by atoms with van der Waals surface area (Å²) in [5, 5.41) is 13.2. The molecule has 0 radical (unpaired) electrons. The van der Waals surface area contributed by atoms with E-state index in [9.17, 15) is 14.7 Å². The molecule has 1 saturated heterocycles. The number of likely N-dealkylation sites (tertiary alicyclic amines) is 1. The lowest BCUT2D eigenvalue weighted by Crippen LogP contribution is -2.53. The minimum atomic E-state index is -2.12. The molecule has 3 heterocycles. The average Bonchev–Trinajstić information content (AvgIpc) is 3.13. The number of aromatic amines is 1. The lowest BCUT2D eigenvalue weighted by molar-refractivity contribution is -0.0469. The summed E-state index contributed by atoms with van der Waals surface area (Å²) in [6, 6.07) is 5.66. The van der Waals surface area contributed by atoms with Crippen LogP contribution in [0.2, 0.25) is 18.1 Å². The van der Waals surface area contributed by atoms with Crippen LogP contribution in [0.1, 0.15) is 51.7 Å². The fraction of sp³-hybridized carbons (Fsp3) is 0.591. The van der Waals surface area contributed by atoms with E-state index >= 15 is 0 Å². The molecule has 2 N–H and O–H groups in total. The van der Waals surface area contributed by atoms with Crippen molar-refractivity contribution in [2.24, 2.45) is 0 Å². The Kier molecular flexibility index (Phi) is 5.49. The first-order valence-electron chi connectivity index (χ1n) is 10.9. The van der Waals surface area contributed by atoms with Gasteiger partial charge in [-0.2, -0.15) is 0 Å². The van der Waals surface area contributed by atoms with Crippen LogP contribution in [0.5, 0.6) is 5.75 Å². The minimum Gasteiger partial charge on any atom is -0.487 e. The number of H-pyrrole nitrogens is 1. The molecule has 1 atom stereocenters. The first-order valence-corrected chi connectivity index (χ1v) is 13.9. The number of nitrogens with one attached hydrogen (secondary N) is 1. The summed E-state index contributed by atoms with van der Waals surface area (Å²) in [5.41, 5.74) is 1.18. The summed E-state index contributed by atoms with van der Waals surface area (Å²) in [7, 11) is -2.12. The van der Waals surface area contributed by atoms with E-state index in [1.54, 1.807) is 0 Å². The van der Waals surface area contributed by atoms with E-state index in [4.69, 9.17) is 9.16 Å². The highest BCUT2D eigenvalue weighted by Gasteiger charge is 2.48. The number of amides is 1. The standard InChI is InChI=1S/C22H31N3O6Si/c1-21(2,3)32(4,5)31-17-13-22(8-10-25(11-9-22)20(27)28)29-16-7-6-14(12-15(16)17)18-23-19(26)30-24-18/h6-7,12,17H,8-11,13H2,1-5H3,(H,27,28)(H,23,24,26). The molecule has 1 amide bonds. The Labute approximate surface area is 187 Å². The van der Waals surface area contributed by atoms with Gasteiger partial charge in [-0.3, -0.25) is 9.51 Å². The third-order valence-electron chi connectivity index (χ3n) is 7.14. The van der Waals surface area contributed by atoms with Crippen molar-refractivity contribution in [1.29, 1.82) is 0 Å². The number of fused-ring (bicyclic) bond motifs is 1. The zero-order chi connectivity index (χ0) is 23.3. The Morgan fingerprint density at radius 3 is 2.56 bits per heavy atom. The van der Waals surface area contributed by atoms with Crippen LogP contribution in [-0.2, 0) is 4.43 Å². The Hall–Kier alpha value is -2.59. The van der Waals surface area contributed by atoms with Crippen molar-refractivity contribution < 1.29 is 23.6 Å². The van der Waals surface area contributed by atoms with Gasteiger partial charge in [0, 0.05) is 43.5 Å². The number of carbonyl (C=O) groups is 1. The number of hydrogen-bond acceptors (Lipinski definition) is 6. The minimum absolute atomic E-state index is 0.0280. The topological polar surface area (TPSA) is 118 Å². The Morgan fingerprint density at radius 1 is 1.31 bits per heavy atom. The predicted molar refractivity (Wildman–Crippen MR) is 120 cm³/mol. The van der Waals surface area contributed by atoms with E-state index in [1.807, 2.05) is 18.2 Å². The molecule has 174 valence electrons. The molecular weight excluding hydrogens is 430 g/mol. The number of hydrogen-bond donors (Lipinski definition) is 2. The number of piperidine rings is 1. The molecular formula is C22H31N3O6Si. The van der Waals surface area contributed by atoms with Gasteiger partial charge in [-0.05, 0) is 36.3 Å². The SMILES string of the molecule is CC(C)(C)[Si](C)(C)OC1CC2(CCN(C(=O)O)CC2)Oc2ccc(-c3noc(=O)[nH]3)cc21. The zero-order valence-corrected chi connectivity index (χ0v) is 20.2. The van der Waals surface area contributed by atoms with Gasteiger partial charge in [-0.25, -0.2) is 9.59 Å². The molecule has 32 heavy (non-hydrogen) atoms. The third-order valence-corrected chi connectivity index (χ3v) is 11.6. The Balaban J connectivity index is 1.71. The van der Waals surface area contributed by atoms with Crippen LogP contribution in [0.15, 0.2) is 27.5 Å². The maximum absolute atomic E-state index is 11.4. The fourth-order valence-corrected chi connectivity index (χ4v) is 5.44. The molecule has 1 aromatic heterocycles. The van der Waals surface area contributed by atoms with Crippen molar-refractivity contribution >= 4 is 14.4 Å². The maximum atomic E-state index is 11.4. The molecule has 1 spiro atoms. The molecule has 10 heteroatoms. The molecule has 1 fully saturated rings. The van der Waals surface area contributed by atoms with Crippen LogP contribution in [0.3, 0.4) is 0 Å². The van der Waals surface area contributed by atoms with Crippen LogP contribution < -0.4 is 10.5 Å². The first-order chi connectivity index (χ1) is 14.9. The molecule has 2 aliphatic heterocycles. The summed E-state index contributed by atoms with van der Waals surface area (Å²) >= 11 is 0. The van der Waals surface area contributed by atoms with E-state index in [-0.39, 0.29) is 11.1 Å². The first kappa shape index (κ1) is 22.6. The van der Waals surface area contributed by atoms with Gasteiger partial charge in [-0.15, -0.1) is 0 Å². The van der Waals surface area contributed by atoms with Crippen molar-refractivity contribution in [3.05, 3.63) is 34.3 Å². The van der Waals surface area contributed by atoms with Crippen molar-refractivity contribution in [3.63, 3.8) is 0 Å². The van der Waals surface area contributed by atoms with Crippen molar-refractivity contribution in [3.8, 4) is 17.1 Å². The van der Waals surface area contributed by atoms with Crippen LogP contribution in [0.4, 0.5) is 4.79 Å². The van der Waals surface area contributed by atoms with Crippen molar-refractivity contribution in [1.82, 2.24) is 15.0 Å². The van der Waals surface area contributed by atoms with Gasteiger partial charge in [0.15, 0.2) is 14.1 Å². The summed E-state index contributed by atoms with van der Waals surface area (Å²) in [4.78, 5) is 26.8. The van der Waals surface area contributed by atoms with Gasteiger partial charge in [0.05, 0.1) is 6.10 Å². The second-order valence-corrected chi connectivity index (χ2v) is 15.1. The molecule has 0 aliphatic carbocycles. The van der Waals surface area contributed by atoms with Gasteiger partial charge >= 0.3 is 11.8 Å². The fourth-order valence-electron chi connectivity index (χ4n) is 4.17. The van der Waals surface area contributed by atoms with Gasteiger partial charge in [0.2, 0.25) is 0 Å². The van der Waals surface area contributed by atoms with E-state index < -0.39 is 25.8 Å². The average molecular weight is 462 g/mol. The summed E-state index contributed by atoms with van der Waals surface area (Å²) in [5.74, 6) is 0.490. The molecule has 1 unspecified atom stereocenters. The van der Waals surface area contributed by atoms with Gasteiger partial charge in [-0.1, -0.05) is 25.9 Å². The van der Waals surface area contributed by atoms with E-state index in [0.717, 1.165) is 16.9 Å². The number of nitrogens with zero attached hydrogens (tertiary/aromatic N) is 2. The largest absolute Gasteiger partial charge is 0.487 e. The smallest absolute Gasteiger partial charge is 0.439 e. The van der Waals surface area contributed by atoms with Gasteiger partial charge in [0.1, 0.15) is 11.4 Å². The molecule has 1 aromatic carbocycles. The molecule has 2 aliphatic rings. The predicted octanol–water partition coefficient (Wildman–Crippen LogP) is 4.39. The van der Waals surface area contributed by atoms with Crippen LogP contribution in [0, 0.1) is 0 Å². The molecule has 9 nitrogen and oxygen atoms in total. The quantitative estimate of drug-likeness (QED) is 0.651. The summed E-state index contributed by atoms with van der Waals surface area (Å²) in [6.45, 7) is 11.9. The zero-order valence-electron chi connectivity index (χ0n) is 19.2. The number of aromatic nitrogens is 2. The van der Waals surface area contributed by atoms with Crippen LogP contribution >= 0.6 is 0 Å². The number of rotatable bonds is 3. The molecule has 2 aromatic rings. The number of carboxylic acid groups (broad SMARTS) is 1. The van der Waals surface area contributed by atoms with E-state index in [2.05, 4.69) is 48.5 Å². The van der Waals surface area contributed by atoms with Crippen molar-refractivity contribution in [2.75, 3.05) is 13.1 Å². The Bertz CT molecular complexity index is 1060. The lowest BCUT2D eigenvalue weighted by Gasteiger charge is -2.48.